The molecule has 4 aromatic heterocycles. The SMILES string of the molecule is Nc1nc(-c2nn(Cc3ccccc3F)c3ncccc23)nc(N)c1-c1ccncc1. The van der Waals surface area contributed by atoms with Gasteiger partial charge < -0.3 is 11.5 Å². The molecule has 0 unspecified atom stereocenters. The molecule has 0 aliphatic rings. The quantitative estimate of drug-likeness (QED) is 0.464. The van der Waals surface area contributed by atoms with Gasteiger partial charge in [0.15, 0.2) is 11.5 Å². The van der Waals surface area contributed by atoms with Crippen LogP contribution < -0.4 is 11.5 Å². The van der Waals surface area contributed by atoms with Crippen molar-refractivity contribution >= 4 is 22.7 Å². The number of nitrogen functional groups attached to an aromatic ring is 2. The number of nitrogens with two attached hydrogens (primary N) is 2. The summed E-state index contributed by atoms with van der Waals surface area (Å²) in [4.78, 5) is 17.3. The number of rotatable bonds is 4. The minimum atomic E-state index is -0.310. The average Bonchev–Trinajstić information content (AvgIpc) is 3.14. The Morgan fingerprint density at radius 1 is 0.871 bits per heavy atom. The summed E-state index contributed by atoms with van der Waals surface area (Å²) in [7, 11) is 0. The molecule has 4 N–H and O–H groups in total. The maximum Gasteiger partial charge on any atom is 0.184 e. The Hall–Kier alpha value is -4.40. The minimum Gasteiger partial charge on any atom is -0.383 e. The van der Waals surface area contributed by atoms with E-state index in [4.69, 9.17) is 11.5 Å². The van der Waals surface area contributed by atoms with Gasteiger partial charge in [-0.05, 0) is 35.9 Å². The third-order valence-corrected chi connectivity index (χ3v) is 4.93. The number of aromatic nitrogens is 6. The van der Waals surface area contributed by atoms with Gasteiger partial charge in [-0.3, -0.25) is 4.98 Å². The van der Waals surface area contributed by atoms with Crippen LogP contribution in [-0.2, 0) is 6.54 Å². The largest absolute Gasteiger partial charge is 0.383 e. The third-order valence-electron chi connectivity index (χ3n) is 4.93. The Bertz CT molecular complexity index is 1370. The number of anilines is 2. The van der Waals surface area contributed by atoms with Crippen LogP contribution in [0.3, 0.4) is 0 Å². The first-order chi connectivity index (χ1) is 15.1. The number of halogens is 1. The molecule has 0 saturated heterocycles. The molecule has 8 nitrogen and oxygen atoms in total. The highest BCUT2D eigenvalue weighted by Crippen LogP contribution is 2.33. The zero-order valence-electron chi connectivity index (χ0n) is 16.3. The first-order valence-electron chi connectivity index (χ1n) is 9.50. The molecular weight excluding hydrogens is 395 g/mol. The number of hydrogen-bond donors (Lipinski definition) is 2. The molecule has 5 rings (SSSR count). The summed E-state index contributed by atoms with van der Waals surface area (Å²) in [5.41, 5.74) is 15.3. The van der Waals surface area contributed by atoms with E-state index < -0.39 is 0 Å². The second-order valence-electron chi connectivity index (χ2n) is 6.90. The van der Waals surface area contributed by atoms with Gasteiger partial charge >= 0.3 is 0 Å². The monoisotopic (exact) mass is 412 g/mol. The standard InChI is InChI=1S/C22H17FN8/c23-16-6-2-1-4-14(16)12-31-22-15(5-3-9-27-22)18(30-31)21-28-19(24)17(20(25)29-21)13-7-10-26-11-8-13/h1-11H,12H2,(H4,24,25,28,29). The summed E-state index contributed by atoms with van der Waals surface area (Å²) in [5, 5.41) is 5.34. The predicted molar refractivity (Wildman–Crippen MR) is 116 cm³/mol. The van der Waals surface area contributed by atoms with Crippen molar-refractivity contribution in [2.75, 3.05) is 11.5 Å². The highest BCUT2D eigenvalue weighted by atomic mass is 19.1. The van der Waals surface area contributed by atoms with E-state index in [1.165, 1.54) is 6.07 Å². The third kappa shape index (κ3) is 3.31. The molecule has 0 aliphatic carbocycles. The molecule has 0 aliphatic heterocycles. The lowest BCUT2D eigenvalue weighted by Gasteiger charge is -2.09. The Morgan fingerprint density at radius 2 is 1.61 bits per heavy atom. The summed E-state index contributed by atoms with van der Waals surface area (Å²) in [6.07, 6.45) is 4.94. The van der Waals surface area contributed by atoms with Gasteiger partial charge in [-0.2, -0.15) is 5.10 Å². The van der Waals surface area contributed by atoms with Gasteiger partial charge in [0, 0.05) is 24.2 Å². The molecule has 0 saturated carbocycles. The van der Waals surface area contributed by atoms with Crippen molar-refractivity contribution < 1.29 is 4.39 Å². The van der Waals surface area contributed by atoms with Gasteiger partial charge in [-0.25, -0.2) is 24.0 Å². The minimum absolute atomic E-state index is 0.209. The first-order valence-corrected chi connectivity index (χ1v) is 9.50. The van der Waals surface area contributed by atoms with Gasteiger partial charge in [-0.1, -0.05) is 18.2 Å². The van der Waals surface area contributed by atoms with E-state index in [-0.39, 0.29) is 29.8 Å². The number of fused-ring (bicyclic) bond motifs is 1. The van der Waals surface area contributed by atoms with Crippen LogP contribution in [0.5, 0.6) is 0 Å². The van der Waals surface area contributed by atoms with E-state index in [1.54, 1.807) is 59.7 Å². The first kappa shape index (κ1) is 18.6. The van der Waals surface area contributed by atoms with Crippen LogP contribution in [0, 0.1) is 5.82 Å². The van der Waals surface area contributed by atoms with Crippen molar-refractivity contribution in [3.05, 3.63) is 78.5 Å². The zero-order valence-corrected chi connectivity index (χ0v) is 16.3. The van der Waals surface area contributed by atoms with Crippen LogP contribution in [0.1, 0.15) is 5.56 Å². The average molecular weight is 412 g/mol. The van der Waals surface area contributed by atoms with E-state index in [0.29, 0.717) is 27.9 Å². The lowest BCUT2D eigenvalue weighted by atomic mass is 10.1. The fourth-order valence-electron chi connectivity index (χ4n) is 3.49. The maximum absolute atomic E-state index is 14.2. The number of nitrogens with zero attached hydrogens (tertiary/aromatic N) is 6. The highest BCUT2D eigenvalue weighted by Gasteiger charge is 2.20. The van der Waals surface area contributed by atoms with Crippen molar-refractivity contribution in [2.24, 2.45) is 0 Å². The van der Waals surface area contributed by atoms with Gasteiger partial charge in [0.2, 0.25) is 0 Å². The molecule has 0 atom stereocenters. The lowest BCUT2D eigenvalue weighted by Crippen LogP contribution is -2.06. The molecular formula is C22H17FN8. The normalized spacial score (nSPS) is 11.1. The molecule has 9 heteroatoms. The molecule has 5 aromatic rings. The van der Waals surface area contributed by atoms with Crippen LogP contribution in [0.15, 0.2) is 67.1 Å². The van der Waals surface area contributed by atoms with Crippen LogP contribution >= 0.6 is 0 Å². The highest BCUT2D eigenvalue weighted by molar-refractivity contribution is 5.91. The van der Waals surface area contributed by atoms with E-state index in [9.17, 15) is 4.39 Å². The fraction of sp³-hybridized carbons (Fsp3) is 0.0455. The summed E-state index contributed by atoms with van der Waals surface area (Å²) in [6, 6.07) is 13.8. The molecule has 0 fully saturated rings. The van der Waals surface area contributed by atoms with Crippen molar-refractivity contribution in [3.63, 3.8) is 0 Å². The maximum atomic E-state index is 14.2. The summed E-state index contributed by atoms with van der Waals surface area (Å²) in [5.74, 6) is 0.428. The van der Waals surface area contributed by atoms with E-state index in [2.05, 4.69) is 25.0 Å². The topological polar surface area (TPSA) is 121 Å². The van der Waals surface area contributed by atoms with Gasteiger partial charge in [0.05, 0.1) is 17.5 Å². The van der Waals surface area contributed by atoms with Crippen LogP contribution in [-0.4, -0.2) is 29.7 Å². The van der Waals surface area contributed by atoms with Gasteiger partial charge in [0.25, 0.3) is 0 Å². The Balaban J connectivity index is 1.64. The van der Waals surface area contributed by atoms with Crippen LogP contribution in [0.4, 0.5) is 16.0 Å². The molecule has 1 aromatic carbocycles. The summed E-state index contributed by atoms with van der Waals surface area (Å²) >= 11 is 0. The predicted octanol–water partition coefficient (Wildman–Crippen LogP) is 3.30. The molecule has 152 valence electrons. The Morgan fingerprint density at radius 3 is 2.35 bits per heavy atom. The van der Waals surface area contributed by atoms with E-state index in [0.717, 1.165) is 5.56 Å². The number of hydrogen-bond acceptors (Lipinski definition) is 7. The zero-order chi connectivity index (χ0) is 21.4. The van der Waals surface area contributed by atoms with Crippen LogP contribution in [0.25, 0.3) is 33.7 Å². The van der Waals surface area contributed by atoms with E-state index >= 15 is 0 Å². The second-order valence-corrected chi connectivity index (χ2v) is 6.90. The number of pyridine rings is 2. The van der Waals surface area contributed by atoms with Crippen molar-refractivity contribution in [2.45, 2.75) is 6.54 Å². The van der Waals surface area contributed by atoms with Gasteiger partial charge in [-0.15, -0.1) is 0 Å². The Labute approximate surface area is 176 Å². The van der Waals surface area contributed by atoms with Crippen molar-refractivity contribution in [1.82, 2.24) is 29.7 Å². The molecule has 31 heavy (non-hydrogen) atoms. The van der Waals surface area contributed by atoms with Crippen molar-refractivity contribution in [3.8, 4) is 22.6 Å². The molecule has 0 radical (unpaired) electrons. The lowest BCUT2D eigenvalue weighted by molar-refractivity contribution is 0.589. The molecule has 0 amide bonds. The molecule has 0 bridgehead atoms. The fourth-order valence-corrected chi connectivity index (χ4v) is 3.49. The van der Waals surface area contributed by atoms with Crippen molar-refractivity contribution in [1.29, 1.82) is 0 Å². The van der Waals surface area contributed by atoms with Crippen LogP contribution in [0.2, 0.25) is 0 Å². The number of benzene rings is 1. The second kappa shape index (κ2) is 7.45. The summed E-state index contributed by atoms with van der Waals surface area (Å²) in [6.45, 7) is 0.209. The molecule has 4 heterocycles. The molecule has 0 spiro atoms. The van der Waals surface area contributed by atoms with E-state index in [1.807, 2.05) is 6.07 Å². The smallest absolute Gasteiger partial charge is 0.184 e. The Kier molecular flexibility index (Phi) is 4.47. The van der Waals surface area contributed by atoms with Gasteiger partial charge in [0.1, 0.15) is 23.1 Å². The summed E-state index contributed by atoms with van der Waals surface area (Å²) < 4.78 is 15.8.